The molecule has 1 unspecified atom stereocenters. The highest BCUT2D eigenvalue weighted by Crippen LogP contribution is 2.32. The molecule has 0 radical (unpaired) electrons. The van der Waals surface area contributed by atoms with Crippen LogP contribution in [0.25, 0.3) is 0 Å². The number of aromatic nitrogens is 4. The van der Waals surface area contributed by atoms with E-state index in [0.29, 0.717) is 34.7 Å². The summed E-state index contributed by atoms with van der Waals surface area (Å²) in [5, 5.41) is 8.00. The highest BCUT2D eigenvalue weighted by molar-refractivity contribution is 7.07. The van der Waals surface area contributed by atoms with Crippen LogP contribution in [0.4, 0.5) is 0 Å². The fraction of sp³-hybridized carbons (Fsp3) is 0.667. The Morgan fingerprint density at radius 3 is 2.96 bits per heavy atom. The first-order valence-electron chi connectivity index (χ1n) is 7.98. The van der Waals surface area contributed by atoms with Gasteiger partial charge < -0.3 is 9.42 Å². The number of rotatable bonds is 4. The van der Waals surface area contributed by atoms with Crippen molar-refractivity contribution in [3.63, 3.8) is 0 Å². The third-order valence-electron chi connectivity index (χ3n) is 3.97. The average molecular weight is 335 g/mol. The van der Waals surface area contributed by atoms with Crippen LogP contribution in [-0.4, -0.2) is 37.1 Å². The van der Waals surface area contributed by atoms with E-state index < -0.39 is 0 Å². The minimum atomic E-state index is -0.147. The molecule has 0 aromatic carbocycles. The topological polar surface area (TPSA) is 85.0 Å². The van der Waals surface area contributed by atoms with E-state index in [0.717, 1.165) is 37.2 Å². The van der Waals surface area contributed by atoms with Gasteiger partial charge in [-0.2, -0.15) is 4.98 Å². The lowest BCUT2D eigenvalue weighted by Crippen LogP contribution is -2.38. The van der Waals surface area contributed by atoms with Crippen LogP contribution in [0.3, 0.4) is 0 Å². The smallest absolute Gasteiger partial charge is 0.268 e. The normalized spacial score (nSPS) is 18.6. The van der Waals surface area contributed by atoms with E-state index in [9.17, 15) is 4.79 Å². The number of aryl methyl sites for hydroxylation is 1. The number of carbonyl (C=O) groups is 1. The number of amides is 1. The van der Waals surface area contributed by atoms with Crippen LogP contribution in [0.5, 0.6) is 0 Å². The molecule has 2 aromatic rings. The molecule has 1 aliphatic heterocycles. The zero-order chi connectivity index (χ0) is 16.4. The second-order valence-electron chi connectivity index (χ2n) is 6.34. The van der Waals surface area contributed by atoms with Gasteiger partial charge in [-0.3, -0.25) is 4.79 Å². The summed E-state index contributed by atoms with van der Waals surface area (Å²) in [5.74, 6) is 1.69. The van der Waals surface area contributed by atoms with Crippen molar-refractivity contribution >= 4 is 17.4 Å². The largest absolute Gasteiger partial charge is 0.337 e. The summed E-state index contributed by atoms with van der Waals surface area (Å²) in [6.45, 7) is 6.74. The van der Waals surface area contributed by atoms with E-state index >= 15 is 0 Å². The quantitative estimate of drug-likeness (QED) is 0.854. The molecule has 3 heterocycles. The summed E-state index contributed by atoms with van der Waals surface area (Å²) in [5.41, 5.74) is 0.676. The van der Waals surface area contributed by atoms with Crippen molar-refractivity contribution in [2.24, 2.45) is 5.92 Å². The Balaban J connectivity index is 1.83. The predicted octanol–water partition coefficient (Wildman–Crippen LogP) is 2.80. The van der Waals surface area contributed by atoms with Crippen LogP contribution in [0.2, 0.25) is 0 Å². The molecule has 0 aliphatic carbocycles. The van der Waals surface area contributed by atoms with E-state index in [1.807, 2.05) is 11.8 Å². The Morgan fingerprint density at radius 2 is 2.26 bits per heavy atom. The number of likely N-dealkylation sites (tertiary alicyclic amines) is 1. The Bertz CT molecular complexity index is 681. The lowest BCUT2D eigenvalue weighted by atomic mass is 10.0. The van der Waals surface area contributed by atoms with Crippen molar-refractivity contribution in [1.29, 1.82) is 0 Å². The van der Waals surface area contributed by atoms with Gasteiger partial charge >= 0.3 is 0 Å². The summed E-state index contributed by atoms with van der Waals surface area (Å²) < 4.78 is 9.32. The van der Waals surface area contributed by atoms with Crippen LogP contribution in [0.1, 0.15) is 66.2 Å². The van der Waals surface area contributed by atoms with E-state index in [1.165, 1.54) is 0 Å². The number of piperidine rings is 1. The number of hydrogen-bond donors (Lipinski definition) is 0. The van der Waals surface area contributed by atoms with Gasteiger partial charge in [0.2, 0.25) is 5.89 Å². The molecule has 0 bridgehead atoms. The molecule has 0 saturated carbocycles. The molecule has 1 atom stereocenters. The molecule has 1 fully saturated rings. The van der Waals surface area contributed by atoms with Gasteiger partial charge in [0.1, 0.15) is 10.9 Å². The second kappa shape index (κ2) is 6.74. The van der Waals surface area contributed by atoms with E-state index in [1.54, 1.807) is 0 Å². The van der Waals surface area contributed by atoms with Gasteiger partial charge in [-0.25, -0.2) is 0 Å². The van der Waals surface area contributed by atoms with E-state index in [4.69, 9.17) is 4.52 Å². The van der Waals surface area contributed by atoms with Gasteiger partial charge in [-0.15, -0.1) is 5.10 Å². The van der Waals surface area contributed by atoms with E-state index in [-0.39, 0.29) is 11.9 Å². The third-order valence-corrected chi connectivity index (χ3v) is 4.79. The molecule has 2 aromatic heterocycles. The Morgan fingerprint density at radius 1 is 1.43 bits per heavy atom. The maximum atomic E-state index is 12.8. The summed E-state index contributed by atoms with van der Waals surface area (Å²) in [7, 11) is 0. The van der Waals surface area contributed by atoms with Crippen molar-refractivity contribution in [2.75, 3.05) is 6.54 Å². The molecule has 124 valence electrons. The molecule has 0 spiro atoms. The summed E-state index contributed by atoms with van der Waals surface area (Å²) in [4.78, 5) is 19.8. The van der Waals surface area contributed by atoms with Crippen molar-refractivity contribution < 1.29 is 9.32 Å². The Labute approximate surface area is 139 Å². The van der Waals surface area contributed by atoms with Crippen molar-refractivity contribution in [3.05, 3.63) is 22.3 Å². The molecule has 1 aliphatic rings. The van der Waals surface area contributed by atoms with Crippen LogP contribution >= 0.6 is 11.5 Å². The lowest BCUT2D eigenvalue weighted by Gasteiger charge is -2.33. The van der Waals surface area contributed by atoms with Crippen LogP contribution in [0, 0.1) is 12.8 Å². The van der Waals surface area contributed by atoms with Gasteiger partial charge in [0.15, 0.2) is 5.82 Å². The van der Waals surface area contributed by atoms with Crippen molar-refractivity contribution in [1.82, 2.24) is 24.6 Å². The van der Waals surface area contributed by atoms with Crippen LogP contribution in [-0.2, 0) is 6.42 Å². The van der Waals surface area contributed by atoms with Crippen LogP contribution < -0.4 is 0 Å². The standard InChI is InChI=1S/C15H21N5O2S/c1-9(2)8-12-16-14(22-18-12)11-6-4-5-7-20(11)15(21)13-10(3)17-19-23-13/h9,11H,4-8H2,1-3H3. The molecule has 8 heteroatoms. The highest BCUT2D eigenvalue weighted by atomic mass is 32.1. The number of carbonyl (C=O) groups excluding carboxylic acids is 1. The summed E-state index contributed by atoms with van der Waals surface area (Å²) in [6, 6.07) is -0.147. The number of hydrogen-bond acceptors (Lipinski definition) is 7. The highest BCUT2D eigenvalue weighted by Gasteiger charge is 2.34. The predicted molar refractivity (Wildman–Crippen MR) is 85.1 cm³/mol. The molecule has 7 nitrogen and oxygen atoms in total. The number of nitrogens with zero attached hydrogens (tertiary/aromatic N) is 5. The summed E-state index contributed by atoms with van der Waals surface area (Å²) >= 11 is 1.14. The fourth-order valence-electron chi connectivity index (χ4n) is 2.84. The monoisotopic (exact) mass is 335 g/mol. The Hall–Kier alpha value is -1.83. The van der Waals surface area contributed by atoms with Crippen molar-refractivity contribution in [2.45, 2.75) is 52.5 Å². The van der Waals surface area contributed by atoms with Gasteiger partial charge in [-0.1, -0.05) is 23.5 Å². The zero-order valence-electron chi connectivity index (χ0n) is 13.7. The minimum Gasteiger partial charge on any atom is -0.337 e. The van der Waals surface area contributed by atoms with Gasteiger partial charge in [0, 0.05) is 13.0 Å². The molecule has 1 saturated heterocycles. The first-order valence-corrected chi connectivity index (χ1v) is 8.76. The second-order valence-corrected chi connectivity index (χ2v) is 7.10. The average Bonchev–Trinajstić information content (AvgIpc) is 3.15. The van der Waals surface area contributed by atoms with Crippen LogP contribution in [0.15, 0.2) is 4.52 Å². The maximum absolute atomic E-state index is 12.8. The van der Waals surface area contributed by atoms with Gasteiger partial charge in [0.05, 0.1) is 5.69 Å². The Kier molecular flexibility index (Phi) is 4.70. The summed E-state index contributed by atoms with van der Waals surface area (Å²) in [6.07, 6.45) is 3.67. The van der Waals surface area contributed by atoms with Gasteiger partial charge in [0.25, 0.3) is 5.91 Å². The molecule has 1 amide bonds. The van der Waals surface area contributed by atoms with Gasteiger partial charge in [-0.05, 0) is 43.6 Å². The van der Waals surface area contributed by atoms with Crippen molar-refractivity contribution in [3.8, 4) is 0 Å². The zero-order valence-corrected chi connectivity index (χ0v) is 14.5. The lowest BCUT2D eigenvalue weighted by molar-refractivity contribution is 0.0565. The first-order chi connectivity index (χ1) is 11.1. The molecule has 3 rings (SSSR count). The third kappa shape index (κ3) is 3.41. The maximum Gasteiger partial charge on any atom is 0.268 e. The molecular formula is C15H21N5O2S. The first kappa shape index (κ1) is 16.0. The molecular weight excluding hydrogens is 314 g/mol. The van der Waals surface area contributed by atoms with E-state index in [2.05, 4.69) is 33.6 Å². The minimum absolute atomic E-state index is 0.0363. The molecule has 0 N–H and O–H groups in total. The fourth-order valence-corrected chi connectivity index (χ4v) is 3.45. The SMILES string of the molecule is Cc1nnsc1C(=O)N1CCCCC1c1nc(CC(C)C)no1. The molecule has 23 heavy (non-hydrogen) atoms.